The Balaban J connectivity index is 0.000000211. The molecule has 4 N–H and O–H groups in total. The molecule has 0 aliphatic carbocycles. The summed E-state index contributed by atoms with van der Waals surface area (Å²) in [7, 11) is -0.925. The van der Waals surface area contributed by atoms with Crippen LogP contribution < -0.4 is 20.9 Å². The van der Waals surface area contributed by atoms with Crippen molar-refractivity contribution in [3.05, 3.63) is 119 Å². The predicted molar refractivity (Wildman–Crippen MR) is 215 cm³/mol. The number of aryl methyl sites for hydroxylation is 4. The number of benzene rings is 4. The number of carbonyl (C=O) groups is 2. The zero-order chi connectivity index (χ0) is 40.0. The number of aromatic nitrogens is 4. The summed E-state index contributed by atoms with van der Waals surface area (Å²) in [4.78, 5) is 32.0. The van der Waals surface area contributed by atoms with Crippen molar-refractivity contribution in [2.45, 2.75) is 50.4 Å². The average Bonchev–Trinajstić information content (AvgIpc) is 3.62. The molecule has 2 aromatic heterocycles. The van der Waals surface area contributed by atoms with Gasteiger partial charge in [0, 0.05) is 37.4 Å². The second-order valence-corrected chi connectivity index (χ2v) is 17.3. The molecular formula is C40H46N6O7S2. The Hall–Kier alpha value is -5.54. The minimum atomic E-state index is -3.56. The molecule has 55 heavy (non-hydrogen) atoms. The van der Waals surface area contributed by atoms with Gasteiger partial charge in [-0.25, -0.2) is 18.4 Å². The highest BCUT2D eigenvalue weighted by Crippen LogP contribution is 2.22. The third-order valence-corrected chi connectivity index (χ3v) is 11.9. The number of nitrogens with two attached hydrogens (primary N) is 2. The maximum Gasteiger partial charge on any atom is 0.236 e. The molecule has 0 bridgehead atoms. The van der Waals surface area contributed by atoms with Gasteiger partial charge in [-0.2, -0.15) is 0 Å². The van der Waals surface area contributed by atoms with Crippen molar-refractivity contribution >= 4 is 54.5 Å². The molecule has 13 nitrogen and oxygen atoms in total. The van der Waals surface area contributed by atoms with Gasteiger partial charge in [0.15, 0.2) is 9.84 Å². The minimum Gasteiger partial charge on any atom is -0.486 e. The van der Waals surface area contributed by atoms with E-state index in [1.54, 1.807) is 24.3 Å². The van der Waals surface area contributed by atoms with Gasteiger partial charge >= 0.3 is 0 Å². The van der Waals surface area contributed by atoms with Crippen molar-refractivity contribution in [1.82, 2.24) is 19.1 Å². The smallest absolute Gasteiger partial charge is 0.236 e. The Labute approximate surface area is 323 Å². The Kier molecular flexibility index (Phi) is 12.8. The van der Waals surface area contributed by atoms with E-state index in [9.17, 15) is 22.2 Å². The van der Waals surface area contributed by atoms with Crippen molar-refractivity contribution < 1.29 is 31.7 Å². The average molecular weight is 787 g/mol. The topological polar surface area (TPSA) is 191 Å². The van der Waals surface area contributed by atoms with Crippen LogP contribution in [-0.2, 0) is 70.4 Å². The molecule has 0 saturated carbocycles. The molecule has 290 valence electrons. The Bertz CT molecular complexity index is 2440. The monoisotopic (exact) mass is 786 g/mol. The normalized spacial score (nSPS) is 13.1. The van der Waals surface area contributed by atoms with Gasteiger partial charge < -0.3 is 30.1 Å². The summed E-state index contributed by atoms with van der Waals surface area (Å²) < 4.78 is 50.7. The van der Waals surface area contributed by atoms with E-state index < -0.39 is 43.0 Å². The Morgan fingerprint density at radius 1 is 0.709 bits per heavy atom. The van der Waals surface area contributed by atoms with Crippen LogP contribution in [0, 0.1) is 13.8 Å². The summed E-state index contributed by atoms with van der Waals surface area (Å²) in [6.07, 6.45) is 2.89. The number of amides is 2. The Morgan fingerprint density at radius 2 is 1.13 bits per heavy atom. The molecule has 6 aromatic rings. The highest BCUT2D eigenvalue weighted by atomic mass is 32.2. The molecule has 3 atom stereocenters. The van der Waals surface area contributed by atoms with Gasteiger partial charge in [0.2, 0.25) is 11.8 Å². The van der Waals surface area contributed by atoms with E-state index in [4.69, 9.17) is 20.9 Å². The number of sulfone groups is 1. The van der Waals surface area contributed by atoms with E-state index in [2.05, 4.69) is 29.0 Å². The fourth-order valence-electron chi connectivity index (χ4n) is 5.97. The van der Waals surface area contributed by atoms with Crippen LogP contribution >= 0.6 is 0 Å². The third-order valence-electron chi connectivity index (χ3n) is 9.23. The highest BCUT2D eigenvalue weighted by Gasteiger charge is 2.27. The van der Waals surface area contributed by atoms with Crippen LogP contribution in [-0.4, -0.2) is 66.6 Å². The number of primary amides is 2. The standard InChI is InChI=1S/C20H23N3O4S.C20H23N3O3S/c1-13-4-9-16-17(10-13)23(2)19(22-16)12-27-15-7-5-14(6-8-15)11-18(20(21)24)28(3,25)26;1-13-4-9-16-17(10-13)23(2)19(22-16)12-26-15-7-5-14(6-8-15)11-18(20(21)24)27(3)25/h4-10,18H,11-12H2,1-3H3,(H2,21,24);4-10,18H,11-12H2,1-3H3,(H2,21,24). The summed E-state index contributed by atoms with van der Waals surface area (Å²) in [6, 6.07) is 26.6. The van der Waals surface area contributed by atoms with Crippen LogP contribution in [0.3, 0.4) is 0 Å². The van der Waals surface area contributed by atoms with Crippen molar-refractivity contribution in [2.75, 3.05) is 12.5 Å². The number of fused-ring (bicyclic) bond motifs is 2. The molecule has 0 saturated heterocycles. The predicted octanol–water partition coefficient (Wildman–Crippen LogP) is 4.14. The number of ether oxygens (including phenoxy) is 2. The van der Waals surface area contributed by atoms with Gasteiger partial charge in [-0.05, 0) is 97.5 Å². The molecule has 15 heteroatoms. The lowest BCUT2D eigenvalue weighted by Crippen LogP contribution is -2.37. The fraction of sp³-hybridized carbons (Fsp3) is 0.300. The van der Waals surface area contributed by atoms with Gasteiger partial charge in [0.05, 0.1) is 22.1 Å². The van der Waals surface area contributed by atoms with Crippen LogP contribution in [0.25, 0.3) is 22.1 Å². The van der Waals surface area contributed by atoms with Gasteiger partial charge in [-0.1, -0.05) is 36.4 Å². The van der Waals surface area contributed by atoms with Gasteiger partial charge in [0.25, 0.3) is 0 Å². The first-order chi connectivity index (χ1) is 26.0. The van der Waals surface area contributed by atoms with E-state index in [1.165, 1.54) is 17.4 Å². The van der Waals surface area contributed by atoms with Crippen molar-refractivity contribution in [1.29, 1.82) is 0 Å². The van der Waals surface area contributed by atoms with Crippen molar-refractivity contribution in [3.63, 3.8) is 0 Å². The van der Waals surface area contributed by atoms with Crippen LogP contribution in [0.5, 0.6) is 11.5 Å². The summed E-state index contributed by atoms with van der Waals surface area (Å²) >= 11 is 0. The second kappa shape index (κ2) is 17.3. The number of imidazole rings is 2. The lowest BCUT2D eigenvalue weighted by atomic mass is 10.1. The molecule has 0 spiro atoms. The molecule has 3 unspecified atom stereocenters. The largest absolute Gasteiger partial charge is 0.486 e. The molecule has 6 rings (SSSR count). The first-order valence-corrected chi connectivity index (χ1v) is 20.9. The quantitative estimate of drug-likeness (QED) is 0.163. The third kappa shape index (κ3) is 10.4. The maximum atomic E-state index is 11.7. The van der Waals surface area contributed by atoms with E-state index in [1.807, 2.05) is 78.7 Å². The van der Waals surface area contributed by atoms with Crippen molar-refractivity contribution in [3.8, 4) is 11.5 Å². The molecule has 2 heterocycles. The van der Waals surface area contributed by atoms with Crippen LogP contribution in [0.2, 0.25) is 0 Å². The van der Waals surface area contributed by atoms with E-state index in [0.717, 1.165) is 45.5 Å². The van der Waals surface area contributed by atoms with Gasteiger partial charge in [0.1, 0.15) is 46.9 Å². The number of hydrogen-bond donors (Lipinski definition) is 2. The fourth-order valence-corrected chi connectivity index (χ4v) is 7.64. The number of hydrogen-bond acceptors (Lipinski definition) is 9. The maximum absolute atomic E-state index is 11.7. The molecule has 2 amide bonds. The van der Waals surface area contributed by atoms with E-state index in [-0.39, 0.29) is 6.42 Å². The van der Waals surface area contributed by atoms with E-state index in [0.29, 0.717) is 36.7 Å². The molecule has 4 aromatic carbocycles. The summed E-state index contributed by atoms with van der Waals surface area (Å²) in [5, 5.41) is -1.91. The molecule has 0 aliphatic rings. The van der Waals surface area contributed by atoms with Crippen molar-refractivity contribution in [2.24, 2.45) is 25.6 Å². The van der Waals surface area contributed by atoms with E-state index >= 15 is 0 Å². The first kappa shape index (κ1) is 40.6. The summed E-state index contributed by atoms with van der Waals surface area (Å²) in [5.74, 6) is 1.58. The molecule has 0 radical (unpaired) electrons. The minimum absolute atomic E-state index is 0.0402. The SMILES string of the molecule is Cc1ccc2nc(COc3ccc(CC(C(N)=O)S(C)(=O)=O)cc3)n(C)c2c1.Cc1ccc2nc(COc3ccc(CC(C(N)=O)S(C)=O)cc3)n(C)c2c1. The van der Waals surface area contributed by atoms with Crippen LogP contribution in [0.15, 0.2) is 84.9 Å². The number of nitrogens with zero attached hydrogens (tertiary/aromatic N) is 4. The number of carbonyl (C=O) groups excluding carboxylic acids is 2. The first-order valence-electron chi connectivity index (χ1n) is 17.4. The Morgan fingerprint density at radius 3 is 1.49 bits per heavy atom. The highest BCUT2D eigenvalue weighted by molar-refractivity contribution is 7.92. The van der Waals surface area contributed by atoms with Gasteiger partial charge in [-0.15, -0.1) is 0 Å². The lowest BCUT2D eigenvalue weighted by molar-refractivity contribution is -0.118. The zero-order valence-electron chi connectivity index (χ0n) is 31.7. The zero-order valence-corrected chi connectivity index (χ0v) is 33.3. The number of rotatable bonds is 14. The lowest BCUT2D eigenvalue weighted by Gasteiger charge is -2.12. The molecule has 0 fully saturated rings. The van der Waals surface area contributed by atoms with Gasteiger partial charge in [-0.3, -0.25) is 13.8 Å². The molecular weight excluding hydrogens is 741 g/mol. The summed E-state index contributed by atoms with van der Waals surface area (Å²) in [5.41, 5.74) is 18.5. The second-order valence-electron chi connectivity index (χ2n) is 13.5. The van der Waals surface area contributed by atoms with Crippen LogP contribution in [0.4, 0.5) is 0 Å². The summed E-state index contributed by atoms with van der Waals surface area (Å²) in [6.45, 7) is 4.75. The van der Waals surface area contributed by atoms with Crippen LogP contribution in [0.1, 0.15) is 33.9 Å². The molecule has 0 aliphatic heterocycles.